The summed E-state index contributed by atoms with van der Waals surface area (Å²) in [7, 11) is 0. The highest BCUT2D eigenvalue weighted by Gasteiger charge is 2.70. The molecule has 0 unspecified atom stereocenters. The summed E-state index contributed by atoms with van der Waals surface area (Å²) in [6, 6.07) is 0. The molecular weight excluding hydrogens is 270 g/mol. The molecule has 0 saturated carbocycles. The Morgan fingerprint density at radius 2 is 2.00 bits per heavy atom. The third-order valence-electron chi connectivity index (χ3n) is 5.44. The summed E-state index contributed by atoms with van der Waals surface area (Å²) in [6.45, 7) is 3.85. The van der Waals surface area contributed by atoms with Gasteiger partial charge in [0.05, 0.1) is 0 Å². The normalized spacial score (nSPS) is 35.9. The van der Waals surface area contributed by atoms with Gasteiger partial charge in [0.1, 0.15) is 5.54 Å². The summed E-state index contributed by atoms with van der Waals surface area (Å²) in [5.41, 5.74) is -1.87. The molecule has 21 heavy (non-hydrogen) atoms. The molecule has 2 saturated heterocycles. The highest BCUT2D eigenvalue weighted by molar-refractivity contribution is 6.22. The molecule has 1 spiro atoms. The van der Waals surface area contributed by atoms with Crippen molar-refractivity contribution in [3.8, 4) is 0 Å². The van der Waals surface area contributed by atoms with Crippen molar-refractivity contribution in [1.82, 2.24) is 4.90 Å². The molecule has 1 amide bonds. The number of amides is 1. The fraction of sp³-hybridized carbons (Fsp3) is 0.688. The second kappa shape index (κ2) is 4.50. The van der Waals surface area contributed by atoms with E-state index in [2.05, 4.69) is 0 Å². The van der Waals surface area contributed by atoms with Crippen LogP contribution in [0.1, 0.15) is 52.4 Å². The molecular formula is C16H21NO4. The lowest BCUT2D eigenvalue weighted by Gasteiger charge is -2.44. The molecule has 0 aromatic carbocycles. The maximum absolute atomic E-state index is 12.7. The van der Waals surface area contributed by atoms with Gasteiger partial charge in [-0.1, -0.05) is 6.92 Å². The molecule has 3 aliphatic rings. The summed E-state index contributed by atoms with van der Waals surface area (Å²) in [5, 5.41) is 11.2. The van der Waals surface area contributed by atoms with Crippen LogP contribution in [0.25, 0.3) is 0 Å². The second-order valence-electron chi connectivity index (χ2n) is 6.28. The average molecular weight is 291 g/mol. The second-order valence-corrected chi connectivity index (χ2v) is 6.28. The Hall–Kier alpha value is -1.49. The molecule has 5 heteroatoms. The van der Waals surface area contributed by atoms with Crippen LogP contribution in [-0.2, 0) is 14.4 Å². The highest BCUT2D eigenvalue weighted by atomic mass is 16.3. The molecule has 0 bridgehead atoms. The summed E-state index contributed by atoms with van der Waals surface area (Å²) in [4.78, 5) is 39.2. The van der Waals surface area contributed by atoms with Gasteiger partial charge in [0, 0.05) is 19.4 Å². The SMILES string of the molecule is CCC(=O)[C@@]1(O)C(=O)C(C)=C2CCCC(=O)N3CCC[C@@]231. The zero-order valence-corrected chi connectivity index (χ0v) is 12.6. The molecule has 114 valence electrons. The number of hydrogen-bond donors (Lipinski definition) is 1. The van der Waals surface area contributed by atoms with Crippen LogP contribution in [0.4, 0.5) is 0 Å². The number of rotatable bonds is 2. The minimum absolute atomic E-state index is 0.0488. The van der Waals surface area contributed by atoms with Crippen molar-refractivity contribution in [2.75, 3.05) is 6.54 Å². The van der Waals surface area contributed by atoms with Crippen molar-refractivity contribution >= 4 is 17.5 Å². The van der Waals surface area contributed by atoms with Crippen molar-refractivity contribution in [2.24, 2.45) is 0 Å². The predicted octanol–water partition coefficient (Wildman–Crippen LogP) is 1.14. The van der Waals surface area contributed by atoms with Crippen molar-refractivity contribution in [2.45, 2.75) is 63.5 Å². The largest absolute Gasteiger partial charge is 0.372 e. The van der Waals surface area contributed by atoms with E-state index in [0.29, 0.717) is 37.8 Å². The average Bonchev–Trinajstić information content (AvgIpc) is 2.94. The van der Waals surface area contributed by atoms with Crippen LogP contribution in [-0.4, -0.2) is 45.2 Å². The van der Waals surface area contributed by atoms with E-state index in [4.69, 9.17) is 0 Å². The van der Waals surface area contributed by atoms with E-state index in [0.717, 1.165) is 12.0 Å². The first-order chi connectivity index (χ1) is 9.91. The van der Waals surface area contributed by atoms with Crippen molar-refractivity contribution in [3.63, 3.8) is 0 Å². The standard InChI is InChI=1S/C16H21NO4/c1-3-12(18)16(21)14(20)10(2)11-6-4-7-13(19)17-9-5-8-15(11,16)17/h21H,3-9H2,1-2H3/t15-,16+/m0/s1. The number of hydrogen-bond acceptors (Lipinski definition) is 4. The molecule has 5 nitrogen and oxygen atoms in total. The fourth-order valence-corrected chi connectivity index (χ4v) is 4.53. The van der Waals surface area contributed by atoms with Gasteiger partial charge in [0.2, 0.25) is 17.3 Å². The van der Waals surface area contributed by atoms with Gasteiger partial charge in [-0.3, -0.25) is 14.4 Å². The smallest absolute Gasteiger partial charge is 0.223 e. The molecule has 0 radical (unpaired) electrons. The van der Waals surface area contributed by atoms with E-state index >= 15 is 0 Å². The van der Waals surface area contributed by atoms with Crippen molar-refractivity contribution in [3.05, 3.63) is 11.1 Å². The Morgan fingerprint density at radius 3 is 2.67 bits per heavy atom. The van der Waals surface area contributed by atoms with Gasteiger partial charge in [-0.2, -0.15) is 0 Å². The van der Waals surface area contributed by atoms with E-state index in [1.165, 1.54) is 0 Å². The van der Waals surface area contributed by atoms with Gasteiger partial charge in [0.25, 0.3) is 0 Å². The Morgan fingerprint density at radius 1 is 1.29 bits per heavy atom. The third kappa shape index (κ3) is 1.47. The minimum atomic E-state index is -2.07. The molecule has 1 aliphatic carbocycles. The van der Waals surface area contributed by atoms with Gasteiger partial charge in [-0.15, -0.1) is 0 Å². The maximum Gasteiger partial charge on any atom is 0.223 e. The number of carbonyl (C=O) groups is 3. The van der Waals surface area contributed by atoms with E-state index in [1.54, 1.807) is 18.7 Å². The minimum Gasteiger partial charge on any atom is -0.372 e. The molecule has 2 fully saturated rings. The van der Waals surface area contributed by atoms with E-state index in [9.17, 15) is 19.5 Å². The predicted molar refractivity (Wildman–Crippen MR) is 75.5 cm³/mol. The number of carbonyl (C=O) groups excluding carboxylic acids is 3. The van der Waals surface area contributed by atoms with Crippen LogP contribution >= 0.6 is 0 Å². The first-order valence-electron chi connectivity index (χ1n) is 7.72. The molecule has 2 atom stereocenters. The fourth-order valence-electron chi connectivity index (χ4n) is 4.53. The van der Waals surface area contributed by atoms with Crippen molar-refractivity contribution in [1.29, 1.82) is 0 Å². The van der Waals surface area contributed by atoms with Crippen molar-refractivity contribution < 1.29 is 19.5 Å². The molecule has 3 rings (SSSR count). The topological polar surface area (TPSA) is 74.7 Å². The van der Waals surface area contributed by atoms with Crippen LogP contribution in [0.3, 0.4) is 0 Å². The zero-order chi connectivity index (χ0) is 15.4. The Bertz CT molecular complexity index is 579. The molecule has 0 aromatic heterocycles. The number of Topliss-reactive ketones (excluding diaryl/α,β-unsaturated/α-hetero) is 2. The lowest BCUT2D eigenvalue weighted by molar-refractivity contribution is -0.162. The van der Waals surface area contributed by atoms with Gasteiger partial charge in [-0.05, 0) is 43.8 Å². The van der Waals surface area contributed by atoms with E-state index < -0.39 is 22.7 Å². The number of nitrogens with zero attached hydrogens (tertiary/aromatic N) is 1. The number of aliphatic hydroxyl groups is 1. The van der Waals surface area contributed by atoms with Gasteiger partial charge < -0.3 is 10.0 Å². The van der Waals surface area contributed by atoms with Gasteiger partial charge >= 0.3 is 0 Å². The summed E-state index contributed by atoms with van der Waals surface area (Å²) in [5.74, 6) is -1.01. The number of ketones is 2. The van der Waals surface area contributed by atoms with Crippen LogP contribution in [0.15, 0.2) is 11.1 Å². The quantitative estimate of drug-likeness (QED) is 0.774. The Balaban J connectivity index is 2.28. The van der Waals surface area contributed by atoms with Crippen LogP contribution in [0.5, 0.6) is 0 Å². The summed E-state index contributed by atoms with van der Waals surface area (Å²) >= 11 is 0. The van der Waals surface area contributed by atoms with Crippen LogP contribution in [0.2, 0.25) is 0 Å². The van der Waals surface area contributed by atoms with E-state index in [-0.39, 0.29) is 12.3 Å². The van der Waals surface area contributed by atoms with Crippen LogP contribution in [0, 0.1) is 0 Å². The Labute approximate surface area is 124 Å². The monoisotopic (exact) mass is 291 g/mol. The van der Waals surface area contributed by atoms with Gasteiger partial charge in [0.15, 0.2) is 5.78 Å². The molecule has 1 N–H and O–H groups in total. The molecule has 2 heterocycles. The summed E-state index contributed by atoms with van der Waals surface area (Å²) in [6.07, 6.45) is 3.01. The van der Waals surface area contributed by atoms with E-state index in [1.807, 2.05) is 0 Å². The lowest BCUT2D eigenvalue weighted by atomic mass is 9.72. The molecule has 0 aromatic rings. The first-order valence-corrected chi connectivity index (χ1v) is 7.72. The first kappa shape index (κ1) is 14.4. The highest BCUT2D eigenvalue weighted by Crippen LogP contribution is 2.54. The Kier molecular flexibility index (Phi) is 3.10. The zero-order valence-electron chi connectivity index (χ0n) is 12.6. The van der Waals surface area contributed by atoms with Crippen LogP contribution < -0.4 is 0 Å². The summed E-state index contributed by atoms with van der Waals surface area (Å²) < 4.78 is 0. The lowest BCUT2D eigenvalue weighted by Crippen LogP contribution is -2.67. The molecule has 2 aliphatic heterocycles. The third-order valence-corrected chi connectivity index (χ3v) is 5.44. The maximum atomic E-state index is 12.7. The van der Waals surface area contributed by atoms with Gasteiger partial charge in [-0.25, -0.2) is 0 Å².